The van der Waals surface area contributed by atoms with Crippen LogP contribution in [0.1, 0.15) is 0 Å². The zero-order chi connectivity index (χ0) is 3.41. The molecule has 0 heterocycles. The Hall–Kier alpha value is -0.190. The van der Waals surface area contributed by atoms with Crippen LogP contribution in [0.25, 0.3) is 0 Å². The zero-order valence-corrected chi connectivity index (χ0v) is 3.18. The van der Waals surface area contributed by atoms with Crippen molar-refractivity contribution in [3.8, 4) is 0 Å². The molecule has 0 radical (unpaired) electrons. The summed E-state index contributed by atoms with van der Waals surface area (Å²) < 4.78 is 3.07. The number of rotatable bonds is 0. The highest BCUT2D eigenvalue weighted by atomic mass is 31.0. The Balaban J connectivity index is 3.11. The van der Waals surface area contributed by atoms with Crippen molar-refractivity contribution >= 4 is 15.4 Å². The van der Waals surface area contributed by atoms with Gasteiger partial charge in [0.05, 0.1) is 6.01 Å². The van der Waals surface area contributed by atoms with E-state index in [9.17, 15) is 0 Å². The predicted molar refractivity (Wildman–Crippen MR) is 19.9 cm³/mol. The van der Waals surface area contributed by atoms with E-state index in [1.807, 2.05) is 9.39 Å². The number of nitrogens with zero attached hydrogens (tertiary/aromatic N) is 1. The van der Waals surface area contributed by atoms with E-state index in [1.165, 1.54) is 0 Å². The molecule has 0 saturated carbocycles. The lowest BCUT2D eigenvalue weighted by molar-refractivity contribution is 1.57. The van der Waals surface area contributed by atoms with Crippen molar-refractivity contribution in [3.63, 3.8) is 0 Å². The minimum Gasteiger partial charge on any atom is -0.241 e. The maximum Gasteiger partial charge on any atom is 0.0895 e. The normalized spacial score (nSPS) is 4.25. The van der Waals surface area contributed by atoms with Gasteiger partial charge < -0.3 is 0 Å². The van der Waals surface area contributed by atoms with E-state index >= 15 is 0 Å². The third-order valence-corrected chi connectivity index (χ3v) is 0.194. The van der Waals surface area contributed by atoms with Crippen molar-refractivity contribution in [2.24, 2.45) is 4.76 Å². The Morgan fingerprint density at radius 3 is 2.25 bits per heavy atom. The molecule has 1 N–H and O–H groups in total. The van der Waals surface area contributed by atoms with Crippen LogP contribution >= 0.6 is 9.39 Å². The first-order valence-corrected chi connectivity index (χ1v) is 1.25. The van der Waals surface area contributed by atoms with Crippen LogP contribution in [0.5, 0.6) is 0 Å². The van der Waals surface area contributed by atoms with Gasteiger partial charge in [0.2, 0.25) is 0 Å². The minimum absolute atomic E-state index is 1.77. The molecule has 4 heavy (non-hydrogen) atoms. The zero-order valence-electron chi connectivity index (χ0n) is 2.02. The van der Waals surface area contributed by atoms with Crippen LogP contribution in [0.4, 0.5) is 0 Å². The van der Waals surface area contributed by atoms with Gasteiger partial charge in [-0.25, -0.2) is 10.2 Å². The summed E-state index contributed by atoms with van der Waals surface area (Å²) in [6.07, 6.45) is 0. The van der Waals surface area contributed by atoms with Crippen molar-refractivity contribution in [2.45, 2.75) is 0 Å². The lowest BCUT2D eigenvalue weighted by Gasteiger charge is -1.40. The molecule has 0 aliphatic heterocycles. The average Bonchev–Trinajstić information content (AvgIpc) is 1.37. The molecular weight excluding hydrogens is 71.0 g/mol. The van der Waals surface area contributed by atoms with Crippen LogP contribution in [-0.2, 0) is 0 Å². The molecular formula is CH3N2P. The second-order valence-electron chi connectivity index (χ2n) is 0.241. The first kappa shape index (κ1) is 3.81. The van der Waals surface area contributed by atoms with Gasteiger partial charge in [0, 0.05) is 0 Å². The summed E-state index contributed by atoms with van der Waals surface area (Å²) >= 11 is 0. The van der Waals surface area contributed by atoms with Crippen LogP contribution in [-0.4, -0.2) is 6.01 Å². The fraction of sp³-hybridized carbons (Fsp3) is 0. The fourth-order valence-corrected chi connectivity index (χ4v) is 0. The SMILES string of the molecule is N=C=NP. The van der Waals surface area contributed by atoms with Crippen LogP contribution < -0.4 is 0 Å². The second-order valence-corrected chi connectivity index (χ2v) is 0.499. The molecule has 22 valence electrons. The van der Waals surface area contributed by atoms with E-state index in [1.54, 1.807) is 6.01 Å². The summed E-state index contributed by atoms with van der Waals surface area (Å²) in [5.74, 6) is 0. The molecule has 0 spiro atoms. The molecule has 0 bridgehead atoms. The van der Waals surface area contributed by atoms with Crippen molar-refractivity contribution in [2.75, 3.05) is 0 Å². The summed E-state index contributed by atoms with van der Waals surface area (Å²) in [4.78, 5) is 0. The summed E-state index contributed by atoms with van der Waals surface area (Å²) in [5.41, 5.74) is 0. The number of hydrogen-bond donors (Lipinski definition) is 1. The Bertz CT molecular complexity index is 44.0. The molecule has 0 fully saturated rings. The molecule has 0 aromatic carbocycles. The van der Waals surface area contributed by atoms with Crippen LogP contribution in [0, 0.1) is 5.41 Å². The van der Waals surface area contributed by atoms with Crippen molar-refractivity contribution in [3.05, 3.63) is 0 Å². The third-order valence-electron chi connectivity index (χ3n) is 0.0645. The smallest absolute Gasteiger partial charge is 0.0895 e. The fourth-order valence-electron chi connectivity index (χ4n) is 0. The maximum absolute atomic E-state index is 6.01. The van der Waals surface area contributed by atoms with Crippen molar-refractivity contribution in [1.29, 1.82) is 5.41 Å². The molecule has 0 rings (SSSR count). The monoisotopic (exact) mass is 74.0 g/mol. The molecule has 3 heteroatoms. The van der Waals surface area contributed by atoms with Gasteiger partial charge >= 0.3 is 0 Å². The molecule has 0 aromatic rings. The number of nitrogens with one attached hydrogen (secondary N) is 1. The van der Waals surface area contributed by atoms with Gasteiger partial charge in [-0.15, -0.1) is 0 Å². The standard InChI is InChI=1S/CH3N2P/c2-1-3-4/h2H,4H2. The Labute approximate surface area is 26.7 Å². The molecule has 0 aliphatic carbocycles. The molecule has 0 aliphatic rings. The first-order valence-electron chi connectivity index (χ1n) is 0.732. The van der Waals surface area contributed by atoms with Gasteiger partial charge in [-0.05, 0) is 9.39 Å². The Morgan fingerprint density at radius 2 is 2.25 bits per heavy atom. The van der Waals surface area contributed by atoms with Gasteiger partial charge in [-0.3, -0.25) is 0 Å². The number of hydrogen-bond acceptors (Lipinski definition) is 2. The Kier molecular flexibility index (Phi) is 2.68. The van der Waals surface area contributed by atoms with Crippen molar-refractivity contribution in [1.82, 2.24) is 0 Å². The summed E-state index contributed by atoms with van der Waals surface area (Å²) in [5, 5.41) is 6.01. The molecule has 1 unspecified atom stereocenters. The van der Waals surface area contributed by atoms with Gasteiger partial charge in [0.15, 0.2) is 0 Å². The highest BCUT2D eigenvalue weighted by Gasteiger charge is 1.23. The largest absolute Gasteiger partial charge is 0.241 e. The van der Waals surface area contributed by atoms with Gasteiger partial charge in [0.1, 0.15) is 0 Å². The van der Waals surface area contributed by atoms with Gasteiger partial charge in [-0.2, -0.15) is 0 Å². The average molecular weight is 74.0 g/mol. The molecule has 2 nitrogen and oxygen atoms in total. The lowest BCUT2D eigenvalue weighted by atomic mass is 11.6. The highest BCUT2D eigenvalue weighted by Crippen LogP contribution is 1.69. The first-order chi connectivity index (χ1) is 1.91. The Morgan fingerprint density at radius 1 is 2.00 bits per heavy atom. The van der Waals surface area contributed by atoms with E-state index in [-0.39, 0.29) is 0 Å². The molecule has 0 aromatic heterocycles. The lowest BCUT2D eigenvalue weighted by Crippen LogP contribution is -1.21. The topological polar surface area (TPSA) is 36.2 Å². The second kappa shape index (κ2) is 2.81. The van der Waals surface area contributed by atoms with E-state index in [4.69, 9.17) is 5.41 Å². The van der Waals surface area contributed by atoms with Crippen LogP contribution in [0.2, 0.25) is 0 Å². The van der Waals surface area contributed by atoms with E-state index in [0.29, 0.717) is 0 Å². The maximum atomic E-state index is 6.01. The molecule has 0 amide bonds. The molecule has 1 atom stereocenters. The van der Waals surface area contributed by atoms with Crippen molar-refractivity contribution < 1.29 is 0 Å². The van der Waals surface area contributed by atoms with Gasteiger partial charge in [0.25, 0.3) is 0 Å². The van der Waals surface area contributed by atoms with E-state index in [2.05, 4.69) is 4.76 Å². The summed E-state index contributed by atoms with van der Waals surface area (Å²) in [6, 6.07) is 1.77. The summed E-state index contributed by atoms with van der Waals surface area (Å²) in [7, 11) is 1.98. The highest BCUT2D eigenvalue weighted by molar-refractivity contribution is 7.14. The van der Waals surface area contributed by atoms with Crippen LogP contribution in [0.3, 0.4) is 0 Å². The van der Waals surface area contributed by atoms with E-state index < -0.39 is 0 Å². The summed E-state index contributed by atoms with van der Waals surface area (Å²) in [6.45, 7) is 0. The van der Waals surface area contributed by atoms with Crippen LogP contribution in [0.15, 0.2) is 4.76 Å². The minimum atomic E-state index is 1.77. The molecule has 0 saturated heterocycles. The van der Waals surface area contributed by atoms with E-state index in [0.717, 1.165) is 0 Å². The third kappa shape index (κ3) is 1.81. The van der Waals surface area contributed by atoms with Gasteiger partial charge in [-0.1, -0.05) is 0 Å². The quantitative estimate of drug-likeness (QED) is 0.321. The predicted octanol–water partition coefficient (Wildman–Crippen LogP) is 0.529.